The number of pyridine rings is 1. The molecule has 2 aromatic carbocycles. The number of anilines is 1. The quantitative estimate of drug-likeness (QED) is 0.434. The molecule has 0 aliphatic carbocycles. The maximum Gasteiger partial charge on any atom is 0.252 e. The zero-order valence-electron chi connectivity index (χ0n) is 21.0. The number of benzene rings is 2. The summed E-state index contributed by atoms with van der Waals surface area (Å²) in [6.07, 6.45) is 3.76. The van der Waals surface area contributed by atoms with Crippen LogP contribution >= 0.6 is 0 Å². The van der Waals surface area contributed by atoms with E-state index >= 15 is 0 Å². The molecule has 180 valence electrons. The molecule has 1 atom stereocenters. The van der Waals surface area contributed by atoms with Crippen LogP contribution in [0.3, 0.4) is 0 Å². The van der Waals surface area contributed by atoms with Gasteiger partial charge in [-0.05, 0) is 63.2 Å². The first-order valence-electron chi connectivity index (χ1n) is 12.0. The number of para-hydroxylation sites is 1. The molecule has 3 heterocycles. The van der Waals surface area contributed by atoms with Gasteiger partial charge in [-0.25, -0.2) is 4.98 Å². The highest BCUT2D eigenvalue weighted by atomic mass is 16.1. The Morgan fingerprint density at radius 3 is 2.60 bits per heavy atom. The monoisotopic (exact) mass is 468 g/mol. The van der Waals surface area contributed by atoms with Crippen LogP contribution in [-0.4, -0.2) is 51.2 Å². The molecule has 7 heteroatoms. The van der Waals surface area contributed by atoms with Gasteiger partial charge in [0.1, 0.15) is 0 Å². The number of likely N-dealkylation sites (N-methyl/N-ethyl adjacent to an activating group) is 1. The number of likely N-dealkylation sites (tertiary alicyclic amines) is 1. The van der Waals surface area contributed by atoms with Crippen molar-refractivity contribution in [2.75, 3.05) is 25.5 Å². The number of carbonyl (C=O) groups excluding carboxylic acids is 1. The van der Waals surface area contributed by atoms with E-state index in [9.17, 15) is 4.79 Å². The van der Waals surface area contributed by atoms with Gasteiger partial charge < -0.3 is 15.5 Å². The molecule has 2 aromatic heterocycles. The Morgan fingerprint density at radius 1 is 1.11 bits per heavy atom. The molecule has 7 nitrogen and oxygen atoms in total. The number of aromatic nitrogens is 3. The number of hydrogen-bond acceptors (Lipinski definition) is 5. The van der Waals surface area contributed by atoms with Crippen molar-refractivity contribution in [1.82, 2.24) is 25.0 Å². The number of aryl methyl sites for hydroxylation is 2. The number of carbonyl (C=O) groups is 1. The lowest BCUT2D eigenvalue weighted by Crippen LogP contribution is -2.62. The summed E-state index contributed by atoms with van der Waals surface area (Å²) < 4.78 is 1.77. The van der Waals surface area contributed by atoms with Gasteiger partial charge in [0.05, 0.1) is 29.0 Å². The largest absolute Gasteiger partial charge is 0.377 e. The molecule has 0 spiro atoms. The molecule has 2 N–H and O–H groups in total. The van der Waals surface area contributed by atoms with E-state index in [1.54, 1.807) is 4.68 Å². The second-order valence-corrected chi connectivity index (χ2v) is 10.1. The van der Waals surface area contributed by atoms with E-state index < -0.39 is 0 Å². The van der Waals surface area contributed by atoms with Crippen molar-refractivity contribution in [2.45, 2.75) is 32.4 Å². The van der Waals surface area contributed by atoms with E-state index in [0.29, 0.717) is 5.56 Å². The second-order valence-electron chi connectivity index (χ2n) is 10.1. The lowest BCUT2D eigenvalue weighted by molar-refractivity contribution is 0.0939. The highest BCUT2D eigenvalue weighted by Gasteiger charge is 2.36. The van der Waals surface area contributed by atoms with Crippen molar-refractivity contribution in [3.8, 4) is 11.3 Å². The SMILES string of the molecule is Cc1ccc(NC2(C)CN(C)C2)cc1C(=O)N[C@H](C)c1cc(-c2cnn(C)c2)nc2ccccc12. The summed E-state index contributed by atoms with van der Waals surface area (Å²) in [5, 5.41) is 12.2. The van der Waals surface area contributed by atoms with Gasteiger partial charge in [-0.15, -0.1) is 0 Å². The maximum atomic E-state index is 13.4. The van der Waals surface area contributed by atoms with Crippen molar-refractivity contribution >= 4 is 22.5 Å². The summed E-state index contributed by atoms with van der Waals surface area (Å²) in [6, 6.07) is 15.9. The normalized spacial score (nSPS) is 16.0. The summed E-state index contributed by atoms with van der Waals surface area (Å²) in [5.74, 6) is -0.0849. The van der Waals surface area contributed by atoms with Gasteiger partial charge in [-0.1, -0.05) is 24.3 Å². The molecule has 1 saturated heterocycles. The van der Waals surface area contributed by atoms with E-state index in [2.05, 4.69) is 52.8 Å². The van der Waals surface area contributed by atoms with Crippen LogP contribution in [0.4, 0.5) is 5.69 Å². The fraction of sp³-hybridized carbons (Fsp3) is 0.321. The summed E-state index contributed by atoms with van der Waals surface area (Å²) in [5.41, 5.74) is 6.35. The van der Waals surface area contributed by atoms with Crippen molar-refractivity contribution in [2.24, 2.45) is 7.05 Å². The topological polar surface area (TPSA) is 75.1 Å². The Bertz CT molecular complexity index is 1400. The average molecular weight is 469 g/mol. The fourth-order valence-corrected chi connectivity index (χ4v) is 5.13. The highest BCUT2D eigenvalue weighted by molar-refractivity contribution is 5.97. The zero-order valence-corrected chi connectivity index (χ0v) is 21.0. The van der Waals surface area contributed by atoms with Gasteiger partial charge in [-0.3, -0.25) is 9.48 Å². The van der Waals surface area contributed by atoms with Gasteiger partial charge in [0, 0.05) is 48.5 Å². The summed E-state index contributed by atoms with van der Waals surface area (Å²) in [4.78, 5) is 20.5. The Labute approximate surface area is 206 Å². The van der Waals surface area contributed by atoms with Gasteiger partial charge in [0.25, 0.3) is 5.91 Å². The number of amides is 1. The van der Waals surface area contributed by atoms with Crippen LogP contribution < -0.4 is 10.6 Å². The smallest absolute Gasteiger partial charge is 0.252 e. The second kappa shape index (κ2) is 8.82. The molecule has 35 heavy (non-hydrogen) atoms. The Balaban J connectivity index is 1.43. The summed E-state index contributed by atoms with van der Waals surface area (Å²) >= 11 is 0. The van der Waals surface area contributed by atoms with Crippen molar-refractivity contribution in [1.29, 1.82) is 0 Å². The number of fused-ring (bicyclic) bond motifs is 1. The minimum atomic E-state index is -0.209. The van der Waals surface area contributed by atoms with Crippen LogP contribution in [0.1, 0.15) is 41.4 Å². The molecular weight excluding hydrogens is 436 g/mol. The molecule has 0 saturated carbocycles. The molecular formula is C28H32N6O. The average Bonchev–Trinajstić information content (AvgIpc) is 3.24. The third kappa shape index (κ3) is 4.64. The molecule has 1 amide bonds. The summed E-state index contributed by atoms with van der Waals surface area (Å²) in [6.45, 7) is 8.17. The van der Waals surface area contributed by atoms with E-state index in [0.717, 1.165) is 52.1 Å². The minimum absolute atomic E-state index is 0.0314. The predicted molar refractivity (Wildman–Crippen MR) is 141 cm³/mol. The zero-order chi connectivity index (χ0) is 24.7. The highest BCUT2D eigenvalue weighted by Crippen LogP contribution is 2.30. The Hall–Kier alpha value is -3.71. The molecule has 4 aromatic rings. The Kier molecular flexibility index (Phi) is 5.81. The van der Waals surface area contributed by atoms with E-state index in [1.807, 2.05) is 63.6 Å². The first kappa shape index (κ1) is 23.1. The third-order valence-corrected chi connectivity index (χ3v) is 6.73. The predicted octanol–water partition coefficient (Wildman–Crippen LogP) is 4.55. The number of nitrogens with zero attached hydrogens (tertiary/aromatic N) is 4. The first-order chi connectivity index (χ1) is 16.7. The maximum absolute atomic E-state index is 13.4. The molecule has 0 radical (unpaired) electrons. The van der Waals surface area contributed by atoms with Crippen molar-refractivity contribution < 1.29 is 4.79 Å². The lowest BCUT2D eigenvalue weighted by atomic mass is 9.92. The van der Waals surface area contributed by atoms with Crippen LogP contribution in [-0.2, 0) is 7.05 Å². The van der Waals surface area contributed by atoms with Crippen molar-refractivity contribution in [3.05, 3.63) is 77.6 Å². The molecule has 1 fully saturated rings. The van der Waals surface area contributed by atoms with E-state index in [-0.39, 0.29) is 17.5 Å². The van der Waals surface area contributed by atoms with Crippen molar-refractivity contribution in [3.63, 3.8) is 0 Å². The molecule has 1 aliphatic heterocycles. The van der Waals surface area contributed by atoms with Crippen LogP contribution in [0.15, 0.2) is 60.9 Å². The standard InChI is InChI=1S/C28H32N6O/c1-18-10-11-21(32-28(3)16-33(4)17-28)12-23(18)27(35)30-19(2)24-13-26(20-14-29-34(5)15-20)31-25-9-7-6-8-22(24)25/h6-15,19,32H,16-17H2,1-5H3,(H,30,35)/t19-/m1/s1. The first-order valence-corrected chi connectivity index (χ1v) is 12.0. The van der Waals surface area contributed by atoms with E-state index in [4.69, 9.17) is 4.98 Å². The third-order valence-electron chi connectivity index (χ3n) is 6.73. The van der Waals surface area contributed by atoms with Gasteiger partial charge in [0.15, 0.2) is 0 Å². The number of rotatable bonds is 6. The minimum Gasteiger partial charge on any atom is -0.377 e. The fourth-order valence-electron chi connectivity index (χ4n) is 5.13. The summed E-state index contributed by atoms with van der Waals surface area (Å²) in [7, 11) is 4.00. The number of nitrogens with one attached hydrogen (secondary N) is 2. The van der Waals surface area contributed by atoms with Gasteiger partial charge in [-0.2, -0.15) is 5.10 Å². The van der Waals surface area contributed by atoms with Crippen LogP contribution in [0.5, 0.6) is 0 Å². The van der Waals surface area contributed by atoms with E-state index in [1.165, 1.54) is 0 Å². The number of hydrogen-bond donors (Lipinski definition) is 2. The molecule has 0 bridgehead atoms. The van der Waals surface area contributed by atoms with Crippen LogP contribution in [0, 0.1) is 6.92 Å². The Morgan fingerprint density at radius 2 is 1.89 bits per heavy atom. The van der Waals surface area contributed by atoms with Crippen LogP contribution in [0.2, 0.25) is 0 Å². The van der Waals surface area contributed by atoms with Crippen LogP contribution in [0.25, 0.3) is 22.2 Å². The molecule has 5 rings (SSSR count). The lowest BCUT2D eigenvalue weighted by Gasteiger charge is -2.47. The molecule has 0 unspecified atom stereocenters. The molecule has 1 aliphatic rings. The van der Waals surface area contributed by atoms with Gasteiger partial charge in [0.2, 0.25) is 0 Å². The van der Waals surface area contributed by atoms with Gasteiger partial charge >= 0.3 is 0 Å².